The third-order valence-corrected chi connectivity index (χ3v) is 7.13. The minimum atomic E-state index is -3.26. The van der Waals surface area contributed by atoms with Crippen LogP contribution in [-0.2, 0) is 9.84 Å². The monoisotopic (exact) mass is 377 g/mol. The molecule has 9 heteroatoms. The fourth-order valence-electron chi connectivity index (χ4n) is 3.06. The van der Waals surface area contributed by atoms with Crippen molar-refractivity contribution in [2.45, 2.75) is 23.1 Å². The molecule has 1 atom stereocenters. The van der Waals surface area contributed by atoms with E-state index in [-0.39, 0.29) is 4.21 Å². The van der Waals surface area contributed by atoms with Crippen LogP contribution in [0.2, 0.25) is 0 Å². The Morgan fingerprint density at radius 3 is 2.92 bits per heavy atom. The number of piperidine rings is 1. The lowest BCUT2D eigenvalue weighted by molar-refractivity contribution is 0.480. The van der Waals surface area contributed by atoms with E-state index in [2.05, 4.69) is 25.6 Å². The Morgan fingerprint density at radius 2 is 2.20 bits per heavy atom. The van der Waals surface area contributed by atoms with E-state index in [0.717, 1.165) is 48.2 Å². The lowest BCUT2D eigenvalue weighted by Crippen LogP contribution is -2.38. The number of nitrogens with one attached hydrogen (secondary N) is 3. The summed E-state index contributed by atoms with van der Waals surface area (Å²) in [6, 6.07) is 2.30. The fourth-order valence-corrected chi connectivity index (χ4v) is 4.81. The lowest BCUT2D eigenvalue weighted by Gasteiger charge is -2.26. The molecular formula is C16H19N5O2S2. The molecule has 1 aliphatic rings. The van der Waals surface area contributed by atoms with Crippen LogP contribution in [0.4, 0.5) is 5.69 Å². The number of anilines is 1. The van der Waals surface area contributed by atoms with Gasteiger partial charge in [-0.2, -0.15) is 0 Å². The predicted molar refractivity (Wildman–Crippen MR) is 99.8 cm³/mol. The molecule has 0 aromatic carbocycles. The topological polar surface area (TPSA) is 99.8 Å². The van der Waals surface area contributed by atoms with Gasteiger partial charge in [-0.3, -0.25) is 0 Å². The first kappa shape index (κ1) is 16.5. The number of hydrogen-bond donors (Lipinski definition) is 3. The normalized spacial score (nSPS) is 18.5. The predicted octanol–water partition coefficient (Wildman–Crippen LogP) is 2.25. The van der Waals surface area contributed by atoms with Crippen LogP contribution in [0, 0.1) is 0 Å². The van der Waals surface area contributed by atoms with Gasteiger partial charge in [0.15, 0.2) is 9.84 Å². The van der Waals surface area contributed by atoms with Crippen molar-refractivity contribution in [2.75, 3.05) is 24.7 Å². The first-order valence-corrected chi connectivity index (χ1v) is 10.8. The van der Waals surface area contributed by atoms with E-state index in [9.17, 15) is 8.42 Å². The summed E-state index contributed by atoms with van der Waals surface area (Å²) < 4.78 is 23.8. The largest absolute Gasteiger partial charge is 0.380 e. The van der Waals surface area contributed by atoms with Crippen LogP contribution < -0.4 is 10.6 Å². The smallest absolute Gasteiger partial charge is 0.186 e. The highest BCUT2D eigenvalue weighted by Crippen LogP contribution is 2.37. The van der Waals surface area contributed by atoms with E-state index >= 15 is 0 Å². The molecule has 1 unspecified atom stereocenters. The third-order valence-electron chi connectivity index (χ3n) is 4.31. The third kappa shape index (κ3) is 3.26. The molecule has 3 aromatic rings. The number of sulfone groups is 1. The quantitative estimate of drug-likeness (QED) is 0.645. The SMILES string of the molecule is CS(=O)(=O)c1cnc(-c2cnc3[nH]ccc3c2NC2CCCNC2)s1. The van der Waals surface area contributed by atoms with Crippen LogP contribution >= 0.6 is 11.3 Å². The molecular weight excluding hydrogens is 358 g/mol. The van der Waals surface area contributed by atoms with Gasteiger partial charge in [-0.15, -0.1) is 11.3 Å². The molecule has 25 heavy (non-hydrogen) atoms. The van der Waals surface area contributed by atoms with Crippen molar-refractivity contribution in [1.29, 1.82) is 0 Å². The van der Waals surface area contributed by atoms with Crippen LogP contribution in [0.3, 0.4) is 0 Å². The Labute approximate surface area is 149 Å². The van der Waals surface area contributed by atoms with Gasteiger partial charge in [0.05, 0.1) is 17.4 Å². The maximum Gasteiger partial charge on any atom is 0.186 e. The van der Waals surface area contributed by atoms with Gasteiger partial charge in [0.25, 0.3) is 0 Å². The summed E-state index contributed by atoms with van der Waals surface area (Å²) in [5, 5.41) is 8.66. The summed E-state index contributed by atoms with van der Waals surface area (Å²) in [6.07, 6.45) is 8.45. The number of thiazole rings is 1. The van der Waals surface area contributed by atoms with Gasteiger partial charge in [-0.25, -0.2) is 18.4 Å². The molecule has 0 bridgehead atoms. The van der Waals surface area contributed by atoms with Gasteiger partial charge in [-0.1, -0.05) is 0 Å². The second kappa shape index (κ2) is 6.40. The van der Waals surface area contributed by atoms with Gasteiger partial charge in [0.1, 0.15) is 14.9 Å². The molecule has 4 heterocycles. The highest BCUT2D eigenvalue weighted by molar-refractivity contribution is 7.92. The average Bonchev–Trinajstić information content (AvgIpc) is 3.25. The van der Waals surface area contributed by atoms with Gasteiger partial charge in [0, 0.05) is 36.6 Å². The zero-order chi connectivity index (χ0) is 17.4. The first-order valence-electron chi connectivity index (χ1n) is 8.12. The van der Waals surface area contributed by atoms with Crippen molar-refractivity contribution in [3.05, 3.63) is 24.7 Å². The highest BCUT2D eigenvalue weighted by atomic mass is 32.2. The summed E-state index contributed by atoms with van der Waals surface area (Å²) in [6.45, 7) is 1.95. The molecule has 0 spiro atoms. The molecule has 4 rings (SSSR count). The van der Waals surface area contributed by atoms with Gasteiger partial charge < -0.3 is 15.6 Å². The zero-order valence-corrected chi connectivity index (χ0v) is 15.4. The van der Waals surface area contributed by atoms with E-state index in [4.69, 9.17) is 0 Å². The molecule has 0 aliphatic carbocycles. The molecule has 132 valence electrons. The second-order valence-electron chi connectivity index (χ2n) is 6.23. The molecule has 0 saturated carbocycles. The fraction of sp³-hybridized carbons (Fsp3) is 0.375. The van der Waals surface area contributed by atoms with E-state index in [1.54, 1.807) is 6.20 Å². The van der Waals surface area contributed by atoms with E-state index in [1.807, 2.05) is 12.3 Å². The van der Waals surface area contributed by atoms with Crippen molar-refractivity contribution in [3.8, 4) is 10.6 Å². The van der Waals surface area contributed by atoms with Crippen LogP contribution in [0.5, 0.6) is 0 Å². The first-order chi connectivity index (χ1) is 12.0. The number of H-pyrrole nitrogens is 1. The van der Waals surface area contributed by atoms with E-state index in [1.165, 1.54) is 23.8 Å². The highest BCUT2D eigenvalue weighted by Gasteiger charge is 2.20. The van der Waals surface area contributed by atoms with Crippen molar-refractivity contribution >= 4 is 37.9 Å². The van der Waals surface area contributed by atoms with Crippen molar-refractivity contribution in [3.63, 3.8) is 0 Å². The summed E-state index contributed by atoms with van der Waals surface area (Å²) in [7, 11) is -3.26. The Morgan fingerprint density at radius 1 is 1.32 bits per heavy atom. The van der Waals surface area contributed by atoms with Gasteiger partial charge in [-0.05, 0) is 25.5 Å². The van der Waals surface area contributed by atoms with E-state index < -0.39 is 9.84 Å². The van der Waals surface area contributed by atoms with Crippen LogP contribution in [-0.4, -0.2) is 48.8 Å². The molecule has 0 radical (unpaired) electrons. The van der Waals surface area contributed by atoms with Crippen LogP contribution in [0.1, 0.15) is 12.8 Å². The average molecular weight is 377 g/mol. The van der Waals surface area contributed by atoms with Gasteiger partial charge in [0.2, 0.25) is 0 Å². The standard InChI is InChI=1S/C16H19N5O2S2/c1-25(22,23)13-9-20-16(24-13)12-8-19-15-11(4-6-18-15)14(12)21-10-3-2-5-17-7-10/h4,6,8-10,17H,2-3,5,7H2,1H3,(H2,18,19,21). The summed E-state index contributed by atoms with van der Waals surface area (Å²) in [5.41, 5.74) is 2.59. The minimum Gasteiger partial charge on any atom is -0.380 e. The Bertz CT molecular complexity index is 1000. The lowest BCUT2D eigenvalue weighted by atomic mass is 10.1. The summed E-state index contributed by atoms with van der Waals surface area (Å²) >= 11 is 1.18. The minimum absolute atomic E-state index is 0.266. The molecule has 0 amide bonds. The van der Waals surface area contributed by atoms with E-state index in [0.29, 0.717) is 11.0 Å². The number of aromatic amines is 1. The number of pyridine rings is 1. The Balaban J connectivity index is 1.79. The molecule has 1 fully saturated rings. The maximum atomic E-state index is 11.8. The van der Waals surface area contributed by atoms with Gasteiger partial charge >= 0.3 is 0 Å². The maximum absolute atomic E-state index is 11.8. The number of aromatic nitrogens is 3. The number of hydrogen-bond acceptors (Lipinski definition) is 7. The molecule has 7 nitrogen and oxygen atoms in total. The number of nitrogens with zero attached hydrogens (tertiary/aromatic N) is 2. The molecule has 3 aromatic heterocycles. The zero-order valence-electron chi connectivity index (χ0n) is 13.7. The van der Waals surface area contributed by atoms with Crippen LogP contribution in [0.15, 0.2) is 28.9 Å². The Kier molecular flexibility index (Phi) is 4.22. The van der Waals surface area contributed by atoms with Crippen molar-refractivity contribution < 1.29 is 8.42 Å². The summed E-state index contributed by atoms with van der Waals surface area (Å²) in [5.74, 6) is 0. The van der Waals surface area contributed by atoms with Crippen molar-refractivity contribution in [1.82, 2.24) is 20.3 Å². The van der Waals surface area contributed by atoms with Crippen molar-refractivity contribution in [2.24, 2.45) is 0 Å². The number of rotatable bonds is 4. The molecule has 1 aliphatic heterocycles. The molecule has 1 saturated heterocycles. The summed E-state index contributed by atoms with van der Waals surface area (Å²) in [4.78, 5) is 11.9. The second-order valence-corrected chi connectivity index (χ2v) is 9.50. The number of fused-ring (bicyclic) bond motifs is 1. The molecule has 3 N–H and O–H groups in total. The Hall–Kier alpha value is -1.97. The van der Waals surface area contributed by atoms with Crippen LogP contribution in [0.25, 0.3) is 21.6 Å².